The number of rotatable bonds is 9. The number of hydrogen-bond donors (Lipinski definition) is 1. The van der Waals surface area contributed by atoms with Crippen LogP contribution in [0.5, 0.6) is 5.75 Å². The third-order valence-corrected chi connectivity index (χ3v) is 6.38. The van der Waals surface area contributed by atoms with Crippen molar-refractivity contribution in [1.29, 1.82) is 0 Å². The molecule has 1 amide bonds. The van der Waals surface area contributed by atoms with E-state index >= 15 is 0 Å². The number of carbonyl (C=O) groups excluding carboxylic acids is 1. The minimum Gasteiger partial charge on any atom is -0.492 e. The summed E-state index contributed by atoms with van der Waals surface area (Å²) < 4.78 is 38.9. The number of anilines is 1. The zero-order valence-corrected chi connectivity index (χ0v) is 17.2. The summed E-state index contributed by atoms with van der Waals surface area (Å²) in [5, 5.41) is 2.79. The summed E-state index contributed by atoms with van der Waals surface area (Å²) >= 11 is 0. The second-order valence-corrected chi connectivity index (χ2v) is 8.53. The van der Waals surface area contributed by atoms with E-state index in [9.17, 15) is 13.2 Å². The third-order valence-electron chi connectivity index (χ3n) is 4.60. The molecular weight excluding hydrogens is 392 g/mol. The predicted octanol–water partition coefficient (Wildman–Crippen LogP) is 2.58. The van der Waals surface area contributed by atoms with Gasteiger partial charge in [-0.15, -0.1) is 0 Å². The van der Waals surface area contributed by atoms with Gasteiger partial charge >= 0.3 is 0 Å². The van der Waals surface area contributed by atoms with Gasteiger partial charge < -0.3 is 14.8 Å². The average molecular weight is 419 g/mol. The molecule has 1 aliphatic heterocycles. The first-order valence-electron chi connectivity index (χ1n) is 9.70. The molecule has 156 valence electrons. The Morgan fingerprint density at radius 1 is 1.17 bits per heavy atom. The number of para-hydroxylation sites is 2. The summed E-state index contributed by atoms with van der Waals surface area (Å²) in [6, 6.07) is 14.9. The van der Waals surface area contributed by atoms with E-state index in [0.717, 1.165) is 17.1 Å². The smallest absolute Gasteiger partial charge is 0.264 e. The van der Waals surface area contributed by atoms with Crippen LogP contribution in [0, 0.1) is 0 Å². The fourth-order valence-electron chi connectivity index (χ4n) is 3.18. The molecule has 1 atom stereocenters. The van der Waals surface area contributed by atoms with Crippen molar-refractivity contribution in [1.82, 2.24) is 5.32 Å². The Morgan fingerprint density at radius 2 is 1.90 bits per heavy atom. The fraction of sp³-hybridized carbons (Fsp3) is 0.381. The molecule has 8 heteroatoms. The van der Waals surface area contributed by atoms with Crippen LogP contribution >= 0.6 is 0 Å². The summed E-state index contributed by atoms with van der Waals surface area (Å²) in [7, 11) is -3.97. The molecule has 0 bridgehead atoms. The van der Waals surface area contributed by atoms with Crippen molar-refractivity contribution in [2.24, 2.45) is 0 Å². The number of nitrogens with one attached hydrogen (secondary N) is 1. The van der Waals surface area contributed by atoms with Gasteiger partial charge in [-0.05, 0) is 44.0 Å². The molecule has 1 saturated heterocycles. The second-order valence-electron chi connectivity index (χ2n) is 6.66. The maximum atomic E-state index is 13.4. The number of carbonyl (C=O) groups is 1. The van der Waals surface area contributed by atoms with Crippen LogP contribution in [0.15, 0.2) is 59.5 Å². The number of ether oxygens (including phenoxy) is 2. The highest BCUT2D eigenvalue weighted by Gasteiger charge is 2.29. The Balaban J connectivity index is 1.88. The molecule has 29 heavy (non-hydrogen) atoms. The summed E-state index contributed by atoms with van der Waals surface area (Å²) in [5.41, 5.74) is 0.325. The van der Waals surface area contributed by atoms with Crippen LogP contribution in [0.3, 0.4) is 0 Å². The van der Waals surface area contributed by atoms with Crippen LogP contribution in [-0.2, 0) is 19.6 Å². The molecule has 1 heterocycles. The van der Waals surface area contributed by atoms with Crippen LogP contribution < -0.4 is 14.4 Å². The van der Waals surface area contributed by atoms with Crippen LogP contribution in [0.2, 0.25) is 0 Å². The molecule has 0 unspecified atom stereocenters. The van der Waals surface area contributed by atoms with Crippen LogP contribution in [0.4, 0.5) is 5.69 Å². The zero-order chi connectivity index (χ0) is 20.7. The van der Waals surface area contributed by atoms with E-state index in [1.54, 1.807) is 42.5 Å². The van der Waals surface area contributed by atoms with Gasteiger partial charge in [0, 0.05) is 13.2 Å². The number of sulfonamides is 1. The lowest BCUT2D eigenvalue weighted by molar-refractivity contribution is -0.120. The molecule has 0 radical (unpaired) electrons. The van der Waals surface area contributed by atoms with Gasteiger partial charge in [-0.3, -0.25) is 9.10 Å². The number of nitrogens with zero attached hydrogens (tertiary/aromatic N) is 1. The van der Waals surface area contributed by atoms with Gasteiger partial charge in [-0.1, -0.05) is 30.3 Å². The number of amides is 1. The molecular formula is C21H26N2O5S. The molecule has 0 aliphatic carbocycles. The number of hydrogen-bond acceptors (Lipinski definition) is 5. The first-order chi connectivity index (χ1) is 14.0. The molecule has 1 fully saturated rings. The molecule has 7 nitrogen and oxygen atoms in total. The maximum Gasteiger partial charge on any atom is 0.264 e. The van der Waals surface area contributed by atoms with E-state index in [2.05, 4.69) is 5.32 Å². The Morgan fingerprint density at radius 3 is 2.59 bits per heavy atom. The molecule has 2 aromatic rings. The maximum absolute atomic E-state index is 13.4. The van der Waals surface area contributed by atoms with Gasteiger partial charge in [0.15, 0.2) is 0 Å². The monoisotopic (exact) mass is 418 g/mol. The SMILES string of the molecule is CCOc1ccccc1N(CC(=O)NC[C@@H]1CCCO1)S(=O)(=O)c1ccccc1. The van der Waals surface area contributed by atoms with Crippen molar-refractivity contribution in [2.75, 3.05) is 30.6 Å². The van der Waals surface area contributed by atoms with Gasteiger partial charge in [0.1, 0.15) is 12.3 Å². The largest absolute Gasteiger partial charge is 0.492 e. The first-order valence-corrected chi connectivity index (χ1v) is 11.1. The van der Waals surface area contributed by atoms with E-state index in [4.69, 9.17) is 9.47 Å². The minimum absolute atomic E-state index is 0.0196. The molecule has 2 aromatic carbocycles. The van der Waals surface area contributed by atoms with E-state index in [1.165, 1.54) is 12.1 Å². The Bertz CT molecular complexity index is 912. The Labute approximate surface area is 171 Å². The van der Waals surface area contributed by atoms with Gasteiger partial charge in [0.05, 0.1) is 23.3 Å². The molecule has 0 spiro atoms. The van der Waals surface area contributed by atoms with Crippen LogP contribution in [0.25, 0.3) is 0 Å². The minimum atomic E-state index is -3.97. The molecule has 1 N–H and O–H groups in total. The first kappa shape index (κ1) is 21.1. The van der Waals surface area contributed by atoms with Gasteiger partial charge in [0.2, 0.25) is 5.91 Å². The van der Waals surface area contributed by atoms with Crippen molar-refractivity contribution < 1.29 is 22.7 Å². The topological polar surface area (TPSA) is 84.9 Å². The lowest BCUT2D eigenvalue weighted by Gasteiger charge is -2.26. The molecule has 3 rings (SSSR count). The van der Waals surface area contributed by atoms with Crippen LogP contribution in [-0.4, -0.2) is 46.7 Å². The highest BCUT2D eigenvalue weighted by atomic mass is 32.2. The van der Waals surface area contributed by atoms with E-state index in [1.807, 2.05) is 6.92 Å². The Kier molecular flexibility index (Phi) is 7.11. The van der Waals surface area contributed by atoms with Crippen molar-refractivity contribution in [3.05, 3.63) is 54.6 Å². The van der Waals surface area contributed by atoms with Crippen molar-refractivity contribution >= 4 is 21.6 Å². The summed E-state index contributed by atoms with van der Waals surface area (Å²) in [4.78, 5) is 12.7. The molecule has 1 aliphatic rings. The fourth-order valence-corrected chi connectivity index (χ4v) is 4.63. The van der Waals surface area contributed by atoms with Gasteiger partial charge in [-0.2, -0.15) is 0 Å². The standard InChI is InChI=1S/C21H26N2O5S/c1-2-27-20-13-7-6-12-19(20)23(29(25,26)18-10-4-3-5-11-18)16-21(24)22-15-17-9-8-14-28-17/h3-7,10-13,17H,2,8-9,14-16H2,1H3,(H,22,24)/t17-/m0/s1. The van der Waals surface area contributed by atoms with Gasteiger partial charge in [-0.25, -0.2) is 8.42 Å². The van der Waals surface area contributed by atoms with E-state index < -0.39 is 15.9 Å². The van der Waals surface area contributed by atoms with Crippen molar-refractivity contribution in [2.45, 2.75) is 30.8 Å². The Hall–Kier alpha value is -2.58. The summed E-state index contributed by atoms with van der Waals surface area (Å²) in [6.45, 7) is 2.90. The highest BCUT2D eigenvalue weighted by molar-refractivity contribution is 7.92. The summed E-state index contributed by atoms with van der Waals surface area (Å²) in [6.07, 6.45) is 1.84. The number of benzene rings is 2. The average Bonchev–Trinajstić information content (AvgIpc) is 3.26. The van der Waals surface area contributed by atoms with E-state index in [-0.39, 0.29) is 17.5 Å². The molecule has 0 saturated carbocycles. The zero-order valence-electron chi connectivity index (χ0n) is 16.4. The van der Waals surface area contributed by atoms with Crippen LogP contribution in [0.1, 0.15) is 19.8 Å². The predicted molar refractivity (Wildman–Crippen MR) is 111 cm³/mol. The normalized spacial score (nSPS) is 16.4. The van der Waals surface area contributed by atoms with Gasteiger partial charge in [0.25, 0.3) is 10.0 Å². The van der Waals surface area contributed by atoms with Crippen molar-refractivity contribution in [3.63, 3.8) is 0 Å². The third kappa shape index (κ3) is 5.27. The lowest BCUT2D eigenvalue weighted by Crippen LogP contribution is -2.43. The van der Waals surface area contributed by atoms with E-state index in [0.29, 0.717) is 31.2 Å². The lowest BCUT2D eigenvalue weighted by atomic mass is 10.2. The second kappa shape index (κ2) is 9.76. The summed E-state index contributed by atoms with van der Waals surface area (Å²) in [5.74, 6) is 0.00717. The molecule has 0 aromatic heterocycles. The quantitative estimate of drug-likeness (QED) is 0.677. The highest BCUT2D eigenvalue weighted by Crippen LogP contribution is 2.32. The van der Waals surface area contributed by atoms with Crippen molar-refractivity contribution in [3.8, 4) is 5.75 Å².